The molecule has 15 heavy (non-hydrogen) atoms. The molecule has 0 atom stereocenters. The Morgan fingerprint density at radius 2 is 1.87 bits per heavy atom. The largest absolute Gasteiger partial charge is 0.289 e. The summed E-state index contributed by atoms with van der Waals surface area (Å²) in [6.07, 6.45) is 0.394. The van der Waals surface area contributed by atoms with Crippen LogP contribution in [-0.2, 0) is 6.42 Å². The van der Waals surface area contributed by atoms with E-state index < -0.39 is 0 Å². The van der Waals surface area contributed by atoms with Crippen LogP contribution in [0.15, 0.2) is 35.4 Å². The molecule has 0 spiro atoms. The van der Waals surface area contributed by atoms with Crippen molar-refractivity contribution in [3.05, 3.63) is 46.5 Å². The highest BCUT2D eigenvalue weighted by molar-refractivity contribution is 6.14. The monoisotopic (exact) mass is 194 g/mol. The van der Waals surface area contributed by atoms with E-state index in [0.29, 0.717) is 17.6 Å². The van der Waals surface area contributed by atoms with E-state index in [9.17, 15) is 4.79 Å². The summed E-state index contributed by atoms with van der Waals surface area (Å²) in [5.41, 5.74) is 1.74. The first kappa shape index (κ1) is 9.18. The van der Waals surface area contributed by atoms with Gasteiger partial charge in [-0.2, -0.15) is 10.5 Å². The summed E-state index contributed by atoms with van der Waals surface area (Å²) in [5.74, 6) is -0.191. The topological polar surface area (TPSA) is 64.7 Å². The molecule has 0 aliphatic heterocycles. The summed E-state index contributed by atoms with van der Waals surface area (Å²) in [6, 6.07) is 10.7. The molecule has 0 bridgehead atoms. The van der Waals surface area contributed by atoms with Crippen LogP contribution < -0.4 is 0 Å². The molecule has 0 saturated carbocycles. The minimum Gasteiger partial charge on any atom is -0.289 e. The van der Waals surface area contributed by atoms with Gasteiger partial charge in [0.05, 0.1) is 0 Å². The van der Waals surface area contributed by atoms with E-state index in [0.717, 1.165) is 5.56 Å². The van der Waals surface area contributed by atoms with Gasteiger partial charge in [0.2, 0.25) is 0 Å². The van der Waals surface area contributed by atoms with Crippen LogP contribution in [0, 0.1) is 22.7 Å². The molecule has 3 nitrogen and oxygen atoms in total. The zero-order valence-corrected chi connectivity index (χ0v) is 7.82. The number of fused-ring (bicyclic) bond motifs is 1. The molecule has 0 amide bonds. The Bertz CT molecular complexity index is 540. The fourth-order valence-corrected chi connectivity index (χ4v) is 1.69. The van der Waals surface area contributed by atoms with Crippen LogP contribution in [0.5, 0.6) is 0 Å². The Kier molecular flexibility index (Phi) is 2.08. The lowest BCUT2D eigenvalue weighted by molar-refractivity contribution is 0.103. The van der Waals surface area contributed by atoms with Gasteiger partial charge in [0.15, 0.2) is 5.78 Å². The first-order valence-electron chi connectivity index (χ1n) is 4.44. The molecule has 1 aliphatic rings. The summed E-state index contributed by atoms with van der Waals surface area (Å²) in [5, 5.41) is 17.4. The van der Waals surface area contributed by atoms with Crippen molar-refractivity contribution in [3.8, 4) is 12.1 Å². The first-order valence-corrected chi connectivity index (χ1v) is 4.44. The van der Waals surface area contributed by atoms with Gasteiger partial charge in [-0.3, -0.25) is 4.79 Å². The second-order valence-electron chi connectivity index (χ2n) is 3.24. The number of hydrogen-bond acceptors (Lipinski definition) is 3. The van der Waals surface area contributed by atoms with E-state index in [2.05, 4.69) is 0 Å². The Morgan fingerprint density at radius 3 is 2.47 bits per heavy atom. The molecule has 0 aromatic heterocycles. The predicted molar refractivity (Wildman–Crippen MR) is 52.7 cm³/mol. The number of nitrogens with zero attached hydrogens (tertiary/aromatic N) is 2. The average molecular weight is 194 g/mol. The molecule has 0 unspecified atom stereocenters. The molecule has 1 aromatic carbocycles. The Labute approximate surface area is 86.9 Å². The fourth-order valence-electron chi connectivity index (χ4n) is 1.69. The van der Waals surface area contributed by atoms with E-state index >= 15 is 0 Å². The van der Waals surface area contributed by atoms with E-state index in [1.54, 1.807) is 24.3 Å². The highest BCUT2D eigenvalue weighted by Gasteiger charge is 2.27. The summed E-state index contributed by atoms with van der Waals surface area (Å²) in [7, 11) is 0. The van der Waals surface area contributed by atoms with Gasteiger partial charge in [-0.1, -0.05) is 24.3 Å². The fraction of sp³-hybridized carbons (Fsp3) is 0.0833. The second kappa shape index (κ2) is 3.40. The number of benzene rings is 1. The molecular weight excluding hydrogens is 188 g/mol. The maximum Gasteiger partial charge on any atom is 0.191 e. The van der Waals surface area contributed by atoms with Gasteiger partial charge >= 0.3 is 0 Å². The molecular formula is C12H6N2O. The van der Waals surface area contributed by atoms with Crippen LogP contribution >= 0.6 is 0 Å². The van der Waals surface area contributed by atoms with Crippen LogP contribution in [0.4, 0.5) is 0 Å². The molecule has 1 aromatic rings. The van der Waals surface area contributed by atoms with Gasteiger partial charge < -0.3 is 0 Å². The average Bonchev–Trinajstić information content (AvgIpc) is 2.60. The number of rotatable bonds is 0. The predicted octanol–water partition coefficient (Wildman–Crippen LogP) is 1.77. The van der Waals surface area contributed by atoms with Crippen molar-refractivity contribution in [2.75, 3.05) is 0 Å². The number of ketones is 1. The number of hydrogen-bond donors (Lipinski definition) is 0. The second-order valence-corrected chi connectivity index (χ2v) is 3.24. The van der Waals surface area contributed by atoms with Crippen molar-refractivity contribution in [1.82, 2.24) is 0 Å². The van der Waals surface area contributed by atoms with Crippen LogP contribution in [-0.4, -0.2) is 5.78 Å². The molecule has 0 fully saturated rings. The zero-order chi connectivity index (χ0) is 10.8. The lowest BCUT2D eigenvalue weighted by Gasteiger charge is -1.92. The van der Waals surface area contributed by atoms with Gasteiger partial charge in [0.25, 0.3) is 0 Å². The Morgan fingerprint density at radius 1 is 1.20 bits per heavy atom. The number of allylic oxidation sites excluding steroid dienone is 2. The van der Waals surface area contributed by atoms with Crippen LogP contribution in [0.3, 0.4) is 0 Å². The maximum atomic E-state index is 11.8. The number of carbonyl (C=O) groups is 1. The van der Waals surface area contributed by atoms with Gasteiger partial charge in [-0.05, 0) is 5.56 Å². The summed E-state index contributed by atoms with van der Waals surface area (Å²) < 4.78 is 0. The molecule has 1 aliphatic carbocycles. The Balaban J connectivity index is 2.59. The van der Waals surface area contributed by atoms with E-state index in [-0.39, 0.29) is 11.4 Å². The summed E-state index contributed by atoms with van der Waals surface area (Å²) in [6.45, 7) is 0. The molecule has 0 N–H and O–H groups in total. The normalized spacial score (nSPS) is 12.9. The van der Waals surface area contributed by atoms with Crippen LogP contribution in [0.2, 0.25) is 0 Å². The lowest BCUT2D eigenvalue weighted by atomic mass is 10.1. The van der Waals surface area contributed by atoms with E-state index in [4.69, 9.17) is 10.5 Å². The maximum absolute atomic E-state index is 11.8. The molecule has 0 heterocycles. The van der Waals surface area contributed by atoms with Crippen molar-refractivity contribution in [3.63, 3.8) is 0 Å². The van der Waals surface area contributed by atoms with Crippen molar-refractivity contribution in [1.29, 1.82) is 10.5 Å². The standard InChI is InChI=1S/C12H6N2O/c13-6-9(7-14)11-5-8-3-1-2-4-10(8)12(11)15/h1-4H,5H2. The number of carbonyl (C=O) groups excluding carboxylic acids is 1. The van der Waals surface area contributed by atoms with Gasteiger partial charge in [-0.25, -0.2) is 0 Å². The molecule has 70 valence electrons. The van der Waals surface area contributed by atoms with Gasteiger partial charge in [0.1, 0.15) is 17.7 Å². The van der Waals surface area contributed by atoms with Crippen molar-refractivity contribution in [2.45, 2.75) is 6.42 Å². The van der Waals surface area contributed by atoms with Crippen molar-refractivity contribution in [2.24, 2.45) is 0 Å². The summed E-state index contributed by atoms with van der Waals surface area (Å²) >= 11 is 0. The Hall–Kier alpha value is -2.39. The number of Topliss-reactive ketones (excluding diaryl/α,β-unsaturated/α-hetero) is 1. The number of nitriles is 2. The van der Waals surface area contributed by atoms with Crippen LogP contribution in [0.25, 0.3) is 0 Å². The minimum absolute atomic E-state index is 0.0730. The van der Waals surface area contributed by atoms with Gasteiger partial charge in [-0.15, -0.1) is 0 Å². The summed E-state index contributed by atoms with van der Waals surface area (Å²) in [4.78, 5) is 11.8. The highest BCUT2D eigenvalue weighted by Crippen LogP contribution is 2.27. The van der Waals surface area contributed by atoms with E-state index in [1.807, 2.05) is 12.1 Å². The highest BCUT2D eigenvalue weighted by atomic mass is 16.1. The molecule has 2 rings (SSSR count). The van der Waals surface area contributed by atoms with Crippen molar-refractivity contribution < 1.29 is 4.79 Å². The lowest BCUT2D eigenvalue weighted by Crippen LogP contribution is -1.98. The SMILES string of the molecule is N#CC(C#N)=C1Cc2ccccc2C1=O. The first-order chi connectivity index (χ1) is 7.27. The molecule has 0 saturated heterocycles. The molecule has 3 heteroatoms. The third-order valence-corrected chi connectivity index (χ3v) is 2.43. The zero-order valence-electron chi connectivity index (χ0n) is 7.82. The smallest absolute Gasteiger partial charge is 0.191 e. The minimum atomic E-state index is -0.191. The third kappa shape index (κ3) is 1.31. The van der Waals surface area contributed by atoms with Crippen molar-refractivity contribution >= 4 is 5.78 Å². The molecule has 0 radical (unpaired) electrons. The van der Waals surface area contributed by atoms with Crippen LogP contribution in [0.1, 0.15) is 15.9 Å². The quantitative estimate of drug-likeness (QED) is 0.467. The third-order valence-electron chi connectivity index (χ3n) is 2.43. The van der Waals surface area contributed by atoms with Gasteiger partial charge in [0, 0.05) is 17.6 Å². The van der Waals surface area contributed by atoms with E-state index in [1.165, 1.54) is 0 Å².